The summed E-state index contributed by atoms with van der Waals surface area (Å²) in [6.07, 6.45) is 21.1. The van der Waals surface area contributed by atoms with Crippen LogP contribution >= 0.6 is 0 Å². The number of rotatable bonds is 9. The molecule has 210 valence electrons. The van der Waals surface area contributed by atoms with E-state index in [2.05, 4.69) is 54.6 Å². The van der Waals surface area contributed by atoms with Crippen LogP contribution in [0.25, 0.3) is 0 Å². The molecule has 4 saturated carbocycles. The normalized spacial score (nSPS) is 43.1. The molecule has 4 aliphatic rings. The van der Waals surface area contributed by atoms with Gasteiger partial charge >= 0.3 is 0 Å². The number of fused-ring (bicyclic) bond motifs is 5. The van der Waals surface area contributed by atoms with E-state index in [0.29, 0.717) is 22.0 Å². The van der Waals surface area contributed by atoms with Crippen molar-refractivity contribution >= 4 is 8.32 Å². The predicted octanol–water partition coefficient (Wildman–Crippen LogP) is 9.90. The predicted molar refractivity (Wildman–Crippen MR) is 157 cm³/mol. The van der Waals surface area contributed by atoms with Crippen LogP contribution in [0.4, 0.5) is 0 Å². The van der Waals surface area contributed by atoms with Crippen molar-refractivity contribution in [3.8, 4) is 0 Å². The van der Waals surface area contributed by atoms with Crippen LogP contribution in [0.5, 0.6) is 0 Å². The smallest absolute Gasteiger partial charge is 0.192 e. The van der Waals surface area contributed by atoms with Gasteiger partial charge in [0, 0.05) is 0 Å². The minimum absolute atomic E-state index is 0.290. The van der Waals surface area contributed by atoms with Crippen molar-refractivity contribution in [3.05, 3.63) is 0 Å². The molecule has 36 heavy (non-hydrogen) atoms. The molecule has 0 aliphatic heterocycles. The average molecular weight is 519 g/mol. The van der Waals surface area contributed by atoms with E-state index in [-0.39, 0.29) is 5.60 Å². The van der Waals surface area contributed by atoms with Gasteiger partial charge in [-0.1, -0.05) is 80.1 Å². The highest BCUT2D eigenvalue weighted by molar-refractivity contribution is 6.74. The lowest BCUT2D eigenvalue weighted by molar-refractivity contribution is -0.155. The Bertz CT molecular complexity index is 742. The Morgan fingerprint density at radius 2 is 1.47 bits per heavy atom. The summed E-state index contributed by atoms with van der Waals surface area (Å²) >= 11 is 0. The molecule has 0 heterocycles. The molecule has 0 bridgehead atoms. The zero-order valence-corrected chi connectivity index (χ0v) is 26.6. The van der Waals surface area contributed by atoms with E-state index in [9.17, 15) is 5.11 Å². The van der Waals surface area contributed by atoms with E-state index in [1.807, 2.05) is 0 Å². The lowest BCUT2D eigenvalue weighted by atomic mass is 9.44. The van der Waals surface area contributed by atoms with Gasteiger partial charge in [0.25, 0.3) is 0 Å². The molecule has 4 aliphatic carbocycles. The third-order valence-corrected chi connectivity index (χ3v) is 17.5. The number of hydrogen-bond donors (Lipinski definition) is 1. The first kappa shape index (κ1) is 29.1. The maximum absolute atomic E-state index is 11.6. The summed E-state index contributed by atoms with van der Waals surface area (Å²) in [7, 11) is -1.74. The molecular formula is C33H62O2Si. The van der Waals surface area contributed by atoms with Gasteiger partial charge < -0.3 is 9.53 Å². The summed E-state index contributed by atoms with van der Waals surface area (Å²) in [5.41, 5.74) is 0.462. The largest absolute Gasteiger partial charge is 0.413 e. The molecule has 0 radical (unpaired) electrons. The first-order chi connectivity index (χ1) is 16.8. The van der Waals surface area contributed by atoms with Crippen molar-refractivity contribution in [2.45, 2.75) is 174 Å². The molecule has 3 heteroatoms. The maximum Gasteiger partial charge on any atom is 0.192 e. The Morgan fingerprint density at radius 3 is 2.17 bits per heavy atom. The second kappa shape index (κ2) is 10.6. The zero-order valence-electron chi connectivity index (χ0n) is 25.6. The van der Waals surface area contributed by atoms with E-state index in [0.717, 1.165) is 42.9 Å². The lowest BCUT2D eigenvalue weighted by Gasteiger charge is -2.62. The Labute approximate surface area is 226 Å². The molecule has 0 amide bonds. The number of hydrogen-bond acceptors (Lipinski definition) is 2. The first-order valence-corrected chi connectivity index (χ1v) is 19.1. The van der Waals surface area contributed by atoms with Crippen LogP contribution in [0, 0.1) is 34.5 Å². The molecular weight excluding hydrogens is 456 g/mol. The molecule has 0 aromatic heterocycles. The highest BCUT2D eigenvalue weighted by Crippen LogP contribution is 2.67. The highest BCUT2D eigenvalue weighted by atomic mass is 28.4. The summed E-state index contributed by atoms with van der Waals surface area (Å²) in [5, 5.41) is 11.9. The second-order valence-electron chi connectivity index (χ2n) is 16.1. The van der Waals surface area contributed by atoms with E-state index < -0.39 is 8.32 Å². The van der Waals surface area contributed by atoms with Crippen molar-refractivity contribution in [1.82, 2.24) is 0 Å². The Hall–Kier alpha value is 0.137. The van der Waals surface area contributed by atoms with Gasteiger partial charge in [0.1, 0.15) is 0 Å². The van der Waals surface area contributed by atoms with Crippen LogP contribution in [0.2, 0.25) is 18.1 Å². The standard InChI is InChI=1S/C33H62O2Si/c1-9-10-11-12-13-14-20-33(34)23-22-31(5)25(24-33)15-16-26-27-17-18-29(32(27,6)21-19-28(26)31)35-36(7,8)30(2,3)4/h25-29,34H,9-24H2,1-8H3/t25?,26-,27-,28-,29-,31-,32-,33+/m0/s1. The van der Waals surface area contributed by atoms with Gasteiger partial charge in [-0.2, -0.15) is 0 Å². The van der Waals surface area contributed by atoms with E-state index in [1.165, 1.54) is 83.5 Å². The summed E-state index contributed by atoms with van der Waals surface area (Å²) in [4.78, 5) is 0. The maximum atomic E-state index is 11.6. The monoisotopic (exact) mass is 518 g/mol. The number of aliphatic hydroxyl groups is 1. The Balaban J connectivity index is 1.38. The van der Waals surface area contributed by atoms with Crippen molar-refractivity contribution in [2.75, 3.05) is 0 Å². The van der Waals surface area contributed by atoms with Crippen LogP contribution in [0.3, 0.4) is 0 Å². The van der Waals surface area contributed by atoms with Gasteiger partial charge in [0.05, 0.1) is 11.7 Å². The second-order valence-corrected chi connectivity index (χ2v) is 20.8. The molecule has 4 fully saturated rings. The molecule has 0 aromatic rings. The van der Waals surface area contributed by atoms with Gasteiger partial charge in [-0.25, -0.2) is 0 Å². The topological polar surface area (TPSA) is 29.5 Å². The summed E-state index contributed by atoms with van der Waals surface area (Å²) in [6.45, 7) is 19.6. The molecule has 1 N–H and O–H groups in total. The SMILES string of the molecule is CCCCCCCC[C@@]1(O)CC[C@@]2(C)C(CC[C@H]3[C@@H]4CC[C@H](O[Si](C)(C)C(C)(C)C)[C@@]4(C)CC[C@@H]32)C1. The van der Waals surface area contributed by atoms with Crippen LogP contribution in [0.15, 0.2) is 0 Å². The van der Waals surface area contributed by atoms with Crippen LogP contribution < -0.4 is 0 Å². The quantitative estimate of drug-likeness (QED) is 0.243. The molecule has 0 aromatic carbocycles. The van der Waals surface area contributed by atoms with Crippen molar-refractivity contribution in [3.63, 3.8) is 0 Å². The third-order valence-electron chi connectivity index (χ3n) is 13.0. The van der Waals surface area contributed by atoms with Crippen LogP contribution in [0.1, 0.15) is 144 Å². The molecule has 1 unspecified atom stereocenters. The van der Waals surface area contributed by atoms with Gasteiger partial charge in [0.15, 0.2) is 8.32 Å². The average Bonchev–Trinajstić information content (AvgIpc) is 3.12. The van der Waals surface area contributed by atoms with Gasteiger partial charge in [-0.3, -0.25) is 0 Å². The molecule has 4 rings (SSSR count). The van der Waals surface area contributed by atoms with Gasteiger partial charge in [0.2, 0.25) is 0 Å². The first-order valence-electron chi connectivity index (χ1n) is 16.2. The zero-order chi connectivity index (χ0) is 26.4. The van der Waals surface area contributed by atoms with E-state index in [4.69, 9.17) is 4.43 Å². The third kappa shape index (κ3) is 5.42. The van der Waals surface area contributed by atoms with Gasteiger partial charge in [-0.15, -0.1) is 0 Å². The Morgan fingerprint density at radius 1 is 0.806 bits per heavy atom. The summed E-state index contributed by atoms with van der Waals surface area (Å²) < 4.78 is 7.15. The fourth-order valence-corrected chi connectivity index (χ4v) is 10.9. The fraction of sp³-hybridized carbons (Fsp3) is 1.00. The van der Waals surface area contributed by atoms with Crippen LogP contribution in [-0.4, -0.2) is 25.1 Å². The summed E-state index contributed by atoms with van der Waals surface area (Å²) in [6, 6.07) is 0. The van der Waals surface area contributed by atoms with Crippen molar-refractivity contribution in [1.29, 1.82) is 0 Å². The highest BCUT2D eigenvalue weighted by Gasteiger charge is 2.62. The minimum Gasteiger partial charge on any atom is -0.413 e. The summed E-state index contributed by atoms with van der Waals surface area (Å²) in [5.74, 6) is 3.36. The van der Waals surface area contributed by atoms with Gasteiger partial charge in [-0.05, 0) is 117 Å². The van der Waals surface area contributed by atoms with E-state index in [1.54, 1.807) is 0 Å². The number of unbranched alkanes of at least 4 members (excludes halogenated alkanes) is 5. The van der Waals surface area contributed by atoms with E-state index >= 15 is 0 Å². The minimum atomic E-state index is -1.74. The Kier molecular flexibility index (Phi) is 8.58. The van der Waals surface area contributed by atoms with Crippen molar-refractivity contribution < 1.29 is 9.53 Å². The molecule has 0 saturated heterocycles. The molecule has 2 nitrogen and oxygen atoms in total. The van der Waals surface area contributed by atoms with Crippen LogP contribution in [-0.2, 0) is 4.43 Å². The molecule has 0 spiro atoms. The fourth-order valence-electron chi connectivity index (χ4n) is 9.46. The van der Waals surface area contributed by atoms with Crippen molar-refractivity contribution in [2.24, 2.45) is 34.5 Å². The molecule has 8 atom stereocenters. The lowest BCUT2D eigenvalue weighted by Crippen LogP contribution is -2.57.